The molecule has 1 unspecified atom stereocenters. The van der Waals surface area contributed by atoms with Gasteiger partial charge in [0.2, 0.25) is 0 Å². The van der Waals surface area contributed by atoms with Gasteiger partial charge in [0, 0.05) is 52.4 Å². The summed E-state index contributed by atoms with van der Waals surface area (Å²) in [5.41, 5.74) is 0. The summed E-state index contributed by atoms with van der Waals surface area (Å²) in [4.78, 5) is 9.98. The van der Waals surface area contributed by atoms with E-state index in [-0.39, 0.29) is 24.0 Å². The lowest BCUT2D eigenvalue weighted by Crippen LogP contribution is -2.47. The summed E-state index contributed by atoms with van der Waals surface area (Å²) in [7, 11) is 0. The van der Waals surface area contributed by atoms with Gasteiger partial charge in [-0.05, 0) is 38.1 Å². The third-order valence-electron chi connectivity index (χ3n) is 5.94. The van der Waals surface area contributed by atoms with E-state index in [0.29, 0.717) is 5.92 Å². The topological polar surface area (TPSA) is 42.9 Å². The van der Waals surface area contributed by atoms with Crippen molar-refractivity contribution in [2.45, 2.75) is 59.3 Å². The molecule has 0 amide bonds. The number of hydrogen-bond donors (Lipinski definition) is 2. The Labute approximate surface area is 185 Å². The first kappa shape index (κ1) is 25.0. The summed E-state index contributed by atoms with van der Waals surface area (Å²) in [5.74, 6) is 2.60. The van der Waals surface area contributed by atoms with Crippen molar-refractivity contribution in [1.82, 2.24) is 20.4 Å². The van der Waals surface area contributed by atoms with E-state index in [2.05, 4.69) is 41.2 Å². The van der Waals surface area contributed by atoms with Crippen molar-refractivity contribution in [3.63, 3.8) is 0 Å². The average molecular weight is 494 g/mol. The molecule has 0 aromatic rings. The minimum atomic E-state index is 0. The van der Waals surface area contributed by atoms with Crippen molar-refractivity contribution in [3.8, 4) is 0 Å². The molecule has 0 radical (unpaired) electrons. The second-order valence-corrected chi connectivity index (χ2v) is 8.28. The van der Waals surface area contributed by atoms with Gasteiger partial charge in [-0.3, -0.25) is 4.99 Å². The van der Waals surface area contributed by atoms with Crippen molar-refractivity contribution < 1.29 is 0 Å². The average Bonchev–Trinajstić information content (AvgIpc) is 3.17. The summed E-state index contributed by atoms with van der Waals surface area (Å²) in [5, 5.41) is 6.94. The monoisotopic (exact) mass is 493 g/mol. The van der Waals surface area contributed by atoms with Crippen LogP contribution in [0, 0.1) is 11.8 Å². The maximum Gasteiger partial charge on any atom is 0.191 e. The van der Waals surface area contributed by atoms with Crippen molar-refractivity contribution in [3.05, 3.63) is 0 Å². The third-order valence-corrected chi connectivity index (χ3v) is 5.94. The van der Waals surface area contributed by atoms with E-state index in [4.69, 9.17) is 4.99 Å². The first-order valence-corrected chi connectivity index (χ1v) is 11.2. The molecule has 0 aromatic heterocycles. The zero-order valence-corrected chi connectivity index (χ0v) is 20.3. The number of nitrogens with one attached hydrogen (secondary N) is 2. The van der Waals surface area contributed by atoms with E-state index < -0.39 is 0 Å². The first-order valence-electron chi connectivity index (χ1n) is 11.2. The molecule has 0 spiro atoms. The molecular weight excluding hydrogens is 449 g/mol. The largest absolute Gasteiger partial charge is 0.357 e. The van der Waals surface area contributed by atoms with Crippen LogP contribution in [0.1, 0.15) is 59.3 Å². The molecule has 0 bridgehead atoms. The first-order chi connectivity index (χ1) is 12.7. The van der Waals surface area contributed by atoms with Crippen LogP contribution in [0.2, 0.25) is 0 Å². The normalized spacial score (nSPS) is 21.1. The summed E-state index contributed by atoms with van der Waals surface area (Å²) in [6, 6.07) is 0. The van der Waals surface area contributed by atoms with Gasteiger partial charge in [-0.1, -0.05) is 39.5 Å². The van der Waals surface area contributed by atoms with E-state index in [1.54, 1.807) is 0 Å². The van der Waals surface area contributed by atoms with Gasteiger partial charge in [0.05, 0.1) is 0 Å². The van der Waals surface area contributed by atoms with E-state index in [1.807, 2.05) is 0 Å². The molecular formula is C21H44IN5. The van der Waals surface area contributed by atoms with Crippen LogP contribution in [-0.4, -0.2) is 74.7 Å². The number of likely N-dealkylation sites (N-methyl/N-ethyl adjacent to an activating group) is 1. The number of halogens is 1. The Balaban J connectivity index is 0.00000364. The molecule has 2 rings (SSSR count). The van der Waals surface area contributed by atoms with Crippen LogP contribution in [0.5, 0.6) is 0 Å². The second kappa shape index (κ2) is 14.9. The smallest absolute Gasteiger partial charge is 0.191 e. The van der Waals surface area contributed by atoms with Crippen LogP contribution in [0.3, 0.4) is 0 Å². The summed E-state index contributed by atoms with van der Waals surface area (Å²) in [6.45, 7) is 16.8. The van der Waals surface area contributed by atoms with Crippen LogP contribution < -0.4 is 10.6 Å². The van der Waals surface area contributed by atoms with Gasteiger partial charge in [-0.25, -0.2) is 0 Å². The van der Waals surface area contributed by atoms with Crippen LogP contribution in [0.25, 0.3) is 0 Å². The zero-order valence-electron chi connectivity index (χ0n) is 18.0. The van der Waals surface area contributed by atoms with Gasteiger partial charge >= 0.3 is 0 Å². The lowest BCUT2D eigenvalue weighted by atomic mass is 10.0. The highest BCUT2D eigenvalue weighted by Gasteiger charge is 2.17. The molecule has 1 saturated heterocycles. The Morgan fingerprint density at radius 3 is 2.33 bits per heavy atom. The van der Waals surface area contributed by atoms with E-state index in [1.165, 1.54) is 77.8 Å². The van der Waals surface area contributed by atoms with E-state index in [0.717, 1.165) is 31.5 Å². The zero-order chi connectivity index (χ0) is 18.6. The van der Waals surface area contributed by atoms with Crippen LogP contribution in [-0.2, 0) is 0 Å². The fourth-order valence-corrected chi connectivity index (χ4v) is 4.27. The Morgan fingerprint density at radius 1 is 1.04 bits per heavy atom. The molecule has 1 aliphatic carbocycles. The van der Waals surface area contributed by atoms with Gasteiger partial charge in [-0.2, -0.15) is 0 Å². The molecule has 1 aliphatic heterocycles. The minimum absolute atomic E-state index is 0. The summed E-state index contributed by atoms with van der Waals surface area (Å²) >= 11 is 0. The molecule has 0 aromatic carbocycles. The molecule has 160 valence electrons. The number of hydrogen-bond acceptors (Lipinski definition) is 3. The molecule has 1 heterocycles. The Morgan fingerprint density at radius 2 is 1.70 bits per heavy atom. The maximum atomic E-state index is 4.84. The highest BCUT2D eigenvalue weighted by atomic mass is 127. The number of rotatable bonds is 10. The summed E-state index contributed by atoms with van der Waals surface area (Å²) in [6.07, 6.45) is 8.47. The Bertz CT molecular complexity index is 390. The van der Waals surface area contributed by atoms with Crippen LogP contribution in [0.4, 0.5) is 0 Å². The van der Waals surface area contributed by atoms with Crippen molar-refractivity contribution >= 4 is 29.9 Å². The number of piperazine rings is 1. The molecule has 1 saturated carbocycles. The van der Waals surface area contributed by atoms with Crippen LogP contribution in [0.15, 0.2) is 4.99 Å². The molecule has 5 nitrogen and oxygen atoms in total. The predicted molar refractivity (Wildman–Crippen MR) is 128 cm³/mol. The lowest BCUT2D eigenvalue weighted by molar-refractivity contribution is 0.125. The van der Waals surface area contributed by atoms with Crippen molar-refractivity contribution in [2.75, 3.05) is 58.9 Å². The van der Waals surface area contributed by atoms with Gasteiger partial charge in [0.1, 0.15) is 0 Å². The quantitative estimate of drug-likeness (QED) is 0.212. The molecule has 6 heteroatoms. The molecule has 27 heavy (non-hydrogen) atoms. The van der Waals surface area contributed by atoms with Gasteiger partial charge in [0.25, 0.3) is 0 Å². The van der Waals surface area contributed by atoms with Gasteiger partial charge in [0.15, 0.2) is 5.96 Å². The number of guanidine groups is 1. The van der Waals surface area contributed by atoms with E-state index in [9.17, 15) is 0 Å². The third kappa shape index (κ3) is 10.3. The fraction of sp³-hybridized carbons (Fsp3) is 0.952. The summed E-state index contributed by atoms with van der Waals surface area (Å²) < 4.78 is 0. The minimum Gasteiger partial charge on any atom is -0.357 e. The molecule has 2 aliphatic rings. The van der Waals surface area contributed by atoms with E-state index >= 15 is 0 Å². The highest BCUT2D eigenvalue weighted by Crippen LogP contribution is 2.28. The fourth-order valence-electron chi connectivity index (χ4n) is 4.27. The van der Waals surface area contributed by atoms with Crippen LogP contribution >= 0.6 is 24.0 Å². The SMILES string of the molecule is CCNC(=NCC(C)CN1CCN(CC)CC1)NCCCC1CCCC1.I. The standard InChI is InChI=1S/C21H43N5.HI/c1-4-22-21(23-12-8-11-20-9-6-7-10-20)24-17-19(3)18-26-15-13-25(5-2)14-16-26;/h19-20H,4-18H2,1-3H3,(H2,22,23,24);1H. The lowest BCUT2D eigenvalue weighted by Gasteiger charge is -2.35. The van der Waals surface area contributed by atoms with Gasteiger partial charge < -0.3 is 20.4 Å². The number of aliphatic imine (C=N–C) groups is 1. The Kier molecular flexibility index (Phi) is 13.7. The van der Waals surface area contributed by atoms with Crippen molar-refractivity contribution in [2.24, 2.45) is 16.8 Å². The maximum absolute atomic E-state index is 4.84. The molecule has 1 atom stereocenters. The predicted octanol–water partition coefficient (Wildman–Crippen LogP) is 3.40. The van der Waals surface area contributed by atoms with Gasteiger partial charge in [-0.15, -0.1) is 24.0 Å². The number of nitrogens with zero attached hydrogens (tertiary/aromatic N) is 3. The second-order valence-electron chi connectivity index (χ2n) is 8.28. The molecule has 2 N–H and O–H groups in total. The highest BCUT2D eigenvalue weighted by molar-refractivity contribution is 14.0. The molecule has 2 fully saturated rings. The Hall–Kier alpha value is -0.0800. The van der Waals surface area contributed by atoms with Crippen molar-refractivity contribution in [1.29, 1.82) is 0 Å².